The third-order valence-electron chi connectivity index (χ3n) is 4.80. The smallest absolute Gasteiger partial charge is 0.266 e. The Balaban J connectivity index is 2.25. The van der Waals surface area contributed by atoms with Gasteiger partial charge >= 0.3 is 0 Å². The zero-order chi connectivity index (χ0) is 20.6. The van der Waals surface area contributed by atoms with Crippen LogP contribution in [0.4, 0.5) is 0 Å². The topological polar surface area (TPSA) is 55.2 Å². The van der Waals surface area contributed by atoms with E-state index in [2.05, 4.69) is 0 Å². The summed E-state index contributed by atoms with van der Waals surface area (Å²) in [7, 11) is 1.74. The highest BCUT2D eigenvalue weighted by molar-refractivity contribution is 6.30. The van der Waals surface area contributed by atoms with Crippen LogP contribution in [0.2, 0.25) is 5.02 Å². The molecule has 0 bridgehead atoms. The van der Waals surface area contributed by atoms with Gasteiger partial charge in [0.25, 0.3) is 5.56 Å². The van der Waals surface area contributed by atoms with E-state index < -0.39 is 11.5 Å². The van der Waals surface area contributed by atoms with Gasteiger partial charge in [0, 0.05) is 17.5 Å². The SMILES string of the molecule is CC(c1nc2ccccc2c(=O)n1-c1ccc(Cl)cc1)N(C)C(=O)C(C)(C)C. The van der Waals surface area contributed by atoms with Crippen molar-refractivity contribution < 1.29 is 4.79 Å². The quantitative estimate of drug-likeness (QED) is 0.648. The minimum absolute atomic E-state index is 0.0231. The van der Waals surface area contributed by atoms with Crippen LogP contribution in [0.1, 0.15) is 39.6 Å². The number of nitrogens with zero attached hydrogens (tertiary/aromatic N) is 3. The van der Waals surface area contributed by atoms with Gasteiger partial charge in [-0.05, 0) is 43.3 Å². The van der Waals surface area contributed by atoms with Crippen LogP contribution in [-0.2, 0) is 4.79 Å². The number of hydrogen-bond acceptors (Lipinski definition) is 3. The molecule has 1 heterocycles. The normalized spacial score (nSPS) is 12.8. The second-order valence-corrected chi connectivity index (χ2v) is 8.38. The molecule has 0 saturated carbocycles. The molecule has 1 atom stereocenters. The summed E-state index contributed by atoms with van der Waals surface area (Å²) in [6.45, 7) is 7.50. The van der Waals surface area contributed by atoms with Crippen molar-refractivity contribution in [2.75, 3.05) is 7.05 Å². The predicted molar refractivity (Wildman–Crippen MR) is 113 cm³/mol. The first-order valence-corrected chi connectivity index (χ1v) is 9.54. The highest BCUT2D eigenvalue weighted by atomic mass is 35.5. The van der Waals surface area contributed by atoms with E-state index in [0.717, 1.165) is 0 Å². The summed E-state index contributed by atoms with van der Waals surface area (Å²) in [5.41, 5.74) is 0.555. The summed E-state index contributed by atoms with van der Waals surface area (Å²) >= 11 is 6.02. The minimum atomic E-state index is -0.536. The number of carbonyl (C=O) groups excluding carboxylic acids is 1. The molecule has 0 N–H and O–H groups in total. The van der Waals surface area contributed by atoms with Gasteiger partial charge in [-0.15, -0.1) is 0 Å². The molecule has 0 aliphatic carbocycles. The number of rotatable bonds is 3. The molecule has 6 heteroatoms. The second kappa shape index (κ2) is 7.40. The Labute approximate surface area is 169 Å². The maximum atomic E-state index is 13.3. The van der Waals surface area contributed by atoms with Crippen molar-refractivity contribution >= 4 is 28.4 Å². The van der Waals surface area contributed by atoms with E-state index in [0.29, 0.717) is 27.4 Å². The van der Waals surface area contributed by atoms with Gasteiger partial charge in [-0.3, -0.25) is 14.2 Å². The van der Waals surface area contributed by atoms with Crippen molar-refractivity contribution in [1.82, 2.24) is 14.5 Å². The standard InChI is InChI=1S/C22H24ClN3O2/c1-14(25(5)21(28)22(2,3)4)19-24-18-9-7-6-8-17(18)20(27)26(19)16-12-10-15(23)11-13-16/h6-14H,1-5H3. The second-order valence-electron chi connectivity index (χ2n) is 7.95. The molecule has 28 heavy (non-hydrogen) atoms. The van der Waals surface area contributed by atoms with Gasteiger partial charge in [-0.2, -0.15) is 0 Å². The maximum Gasteiger partial charge on any atom is 0.266 e. The van der Waals surface area contributed by atoms with E-state index >= 15 is 0 Å². The first-order chi connectivity index (χ1) is 13.1. The molecule has 1 unspecified atom stereocenters. The molecular weight excluding hydrogens is 374 g/mol. The van der Waals surface area contributed by atoms with E-state index in [9.17, 15) is 9.59 Å². The van der Waals surface area contributed by atoms with E-state index in [1.807, 2.05) is 45.9 Å². The molecule has 146 valence electrons. The van der Waals surface area contributed by atoms with Gasteiger partial charge in [0.05, 0.1) is 22.6 Å². The number of benzene rings is 2. The molecule has 5 nitrogen and oxygen atoms in total. The number of carbonyl (C=O) groups is 1. The molecule has 0 fully saturated rings. The van der Waals surface area contributed by atoms with Crippen LogP contribution in [0.25, 0.3) is 16.6 Å². The third-order valence-corrected chi connectivity index (χ3v) is 5.06. The first-order valence-electron chi connectivity index (χ1n) is 9.16. The van der Waals surface area contributed by atoms with E-state index in [-0.39, 0.29) is 11.5 Å². The Morgan fingerprint density at radius 1 is 1.11 bits per heavy atom. The third kappa shape index (κ3) is 3.67. The summed E-state index contributed by atoms with van der Waals surface area (Å²) in [5, 5.41) is 1.11. The highest BCUT2D eigenvalue weighted by Crippen LogP contribution is 2.26. The zero-order valence-electron chi connectivity index (χ0n) is 16.7. The van der Waals surface area contributed by atoms with Gasteiger partial charge in [0.15, 0.2) is 0 Å². The monoisotopic (exact) mass is 397 g/mol. The number of amides is 1. The van der Waals surface area contributed by atoms with Crippen LogP contribution in [0.5, 0.6) is 0 Å². The highest BCUT2D eigenvalue weighted by Gasteiger charge is 2.30. The fraction of sp³-hybridized carbons (Fsp3) is 0.318. The molecule has 2 aromatic carbocycles. The van der Waals surface area contributed by atoms with Crippen LogP contribution in [-0.4, -0.2) is 27.4 Å². The fourth-order valence-electron chi connectivity index (χ4n) is 3.15. The Morgan fingerprint density at radius 3 is 2.32 bits per heavy atom. The number of para-hydroxylation sites is 1. The largest absolute Gasteiger partial charge is 0.335 e. The summed E-state index contributed by atoms with van der Waals surface area (Å²) < 4.78 is 1.57. The van der Waals surface area contributed by atoms with Crippen LogP contribution in [0.15, 0.2) is 53.3 Å². The molecule has 3 rings (SSSR count). The summed E-state index contributed by atoms with van der Waals surface area (Å²) in [6.07, 6.45) is 0. The molecule has 0 saturated heterocycles. The summed E-state index contributed by atoms with van der Waals surface area (Å²) in [4.78, 5) is 32.5. The van der Waals surface area contributed by atoms with E-state index in [1.54, 1.807) is 46.8 Å². The summed E-state index contributed by atoms with van der Waals surface area (Å²) in [6, 6.07) is 13.9. The van der Waals surface area contributed by atoms with E-state index in [1.165, 1.54) is 0 Å². The predicted octanol–water partition coefficient (Wildman–Crippen LogP) is 4.60. The average molecular weight is 398 g/mol. The van der Waals surface area contributed by atoms with Crippen molar-refractivity contribution in [3.8, 4) is 5.69 Å². The van der Waals surface area contributed by atoms with Crippen LogP contribution in [0.3, 0.4) is 0 Å². The molecule has 0 radical (unpaired) electrons. The van der Waals surface area contributed by atoms with Gasteiger partial charge in [0.1, 0.15) is 5.82 Å². The van der Waals surface area contributed by atoms with Crippen molar-refractivity contribution in [2.45, 2.75) is 33.7 Å². The first kappa shape index (κ1) is 20.1. The van der Waals surface area contributed by atoms with Gasteiger partial charge < -0.3 is 4.90 Å². The van der Waals surface area contributed by atoms with Crippen LogP contribution >= 0.6 is 11.6 Å². The number of halogens is 1. The molecule has 0 aliphatic rings. The lowest BCUT2D eigenvalue weighted by Crippen LogP contribution is -2.40. The van der Waals surface area contributed by atoms with Crippen LogP contribution < -0.4 is 5.56 Å². The van der Waals surface area contributed by atoms with Gasteiger partial charge in [0.2, 0.25) is 5.91 Å². The maximum absolute atomic E-state index is 13.3. The lowest BCUT2D eigenvalue weighted by Gasteiger charge is -2.31. The Kier molecular flexibility index (Phi) is 5.31. The Bertz CT molecular complexity index is 1080. The number of hydrogen-bond donors (Lipinski definition) is 0. The lowest BCUT2D eigenvalue weighted by molar-refractivity contribution is -0.140. The molecular formula is C22H24ClN3O2. The number of aromatic nitrogens is 2. The lowest BCUT2D eigenvalue weighted by atomic mass is 9.94. The minimum Gasteiger partial charge on any atom is -0.335 e. The zero-order valence-corrected chi connectivity index (χ0v) is 17.5. The van der Waals surface area contributed by atoms with Crippen molar-refractivity contribution in [3.63, 3.8) is 0 Å². The molecule has 3 aromatic rings. The van der Waals surface area contributed by atoms with Crippen molar-refractivity contribution in [3.05, 3.63) is 69.7 Å². The molecule has 0 aliphatic heterocycles. The summed E-state index contributed by atoms with van der Waals surface area (Å²) in [5.74, 6) is 0.483. The Hall–Kier alpha value is -2.66. The molecule has 1 amide bonds. The van der Waals surface area contributed by atoms with Gasteiger partial charge in [-0.1, -0.05) is 44.5 Å². The van der Waals surface area contributed by atoms with Crippen molar-refractivity contribution in [2.24, 2.45) is 5.41 Å². The van der Waals surface area contributed by atoms with Gasteiger partial charge in [-0.25, -0.2) is 4.98 Å². The molecule has 0 spiro atoms. The Morgan fingerprint density at radius 2 is 1.71 bits per heavy atom. The van der Waals surface area contributed by atoms with Crippen LogP contribution in [0, 0.1) is 5.41 Å². The number of fused-ring (bicyclic) bond motifs is 1. The molecule has 1 aromatic heterocycles. The van der Waals surface area contributed by atoms with E-state index in [4.69, 9.17) is 16.6 Å². The fourth-order valence-corrected chi connectivity index (χ4v) is 3.27. The van der Waals surface area contributed by atoms with Crippen molar-refractivity contribution in [1.29, 1.82) is 0 Å². The average Bonchev–Trinajstić information content (AvgIpc) is 2.66.